The molecule has 2 saturated heterocycles. The van der Waals surface area contributed by atoms with Crippen LogP contribution in [0.25, 0.3) is 0 Å². The molecule has 0 saturated carbocycles. The highest BCUT2D eigenvalue weighted by atomic mass is 35.5. The van der Waals surface area contributed by atoms with E-state index < -0.39 is 48.9 Å². The number of nitrogens with zero attached hydrogens (tertiary/aromatic N) is 3. The van der Waals surface area contributed by atoms with Crippen LogP contribution < -0.4 is 9.62 Å². The zero-order chi connectivity index (χ0) is 24.7. The quantitative estimate of drug-likeness (QED) is 0.460. The van der Waals surface area contributed by atoms with E-state index in [4.69, 9.17) is 16.3 Å². The molecule has 12 heteroatoms. The number of sulfonamides is 1. The molecule has 2 aliphatic heterocycles. The monoisotopic (exact) mass is 518 g/mol. The number of hydrogen-bond donors (Lipinski definition) is 1. The van der Waals surface area contributed by atoms with Gasteiger partial charge in [0.15, 0.2) is 10.7 Å². The lowest BCUT2D eigenvalue weighted by Gasteiger charge is -2.44. The standard InChI is InChI=1S/C22H26ClF3N4O3S/c1-29-10-4-3-6-16(29)22(33-2)9-11-30(13-22)15-12-14(24)21(20(26)19(15)23)34(31,32)28-18-8-5-7-17(25)27-18/h5,7-8,12,16H,3-4,6,9-11,13H2,1-2H3,(H,27,28)/t16-,22-/m0/s1. The summed E-state index contributed by atoms with van der Waals surface area (Å²) in [6, 6.07) is 4.43. The molecule has 0 aliphatic carbocycles. The van der Waals surface area contributed by atoms with Crippen molar-refractivity contribution in [3.63, 3.8) is 0 Å². The largest absolute Gasteiger partial charge is 0.375 e. The highest BCUT2D eigenvalue weighted by Crippen LogP contribution is 2.41. The second-order valence-electron chi connectivity index (χ2n) is 8.72. The van der Waals surface area contributed by atoms with Crippen LogP contribution in [0.2, 0.25) is 5.02 Å². The summed E-state index contributed by atoms with van der Waals surface area (Å²) >= 11 is 6.23. The maximum Gasteiger partial charge on any atom is 0.268 e. The minimum Gasteiger partial charge on any atom is -0.375 e. The fourth-order valence-corrected chi connectivity index (χ4v) is 6.49. The summed E-state index contributed by atoms with van der Waals surface area (Å²) in [6.45, 7) is 1.74. The number of likely N-dealkylation sites (N-methyl/N-ethyl adjacent to an activating group) is 1. The zero-order valence-electron chi connectivity index (χ0n) is 18.8. The van der Waals surface area contributed by atoms with Gasteiger partial charge < -0.3 is 14.5 Å². The molecular weight excluding hydrogens is 493 g/mol. The smallest absolute Gasteiger partial charge is 0.268 e. The van der Waals surface area contributed by atoms with E-state index in [0.29, 0.717) is 19.5 Å². The summed E-state index contributed by atoms with van der Waals surface area (Å²) in [6.07, 6.45) is 3.76. The number of methoxy groups -OCH3 is 1. The third kappa shape index (κ3) is 4.58. The molecule has 34 heavy (non-hydrogen) atoms. The second-order valence-corrected chi connectivity index (χ2v) is 10.7. The minimum absolute atomic E-state index is 0.0527. The van der Waals surface area contributed by atoms with Gasteiger partial charge >= 0.3 is 0 Å². The van der Waals surface area contributed by atoms with Crippen LogP contribution in [0.5, 0.6) is 0 Å². The zero-order valence-corrected chi connectivity index (χ0v) is 20.4. The lowest BCUT2D eigenvalue weighted by Crippen LogP contribution is -2.56. The highest BCUT2D eigenvalue weighted by molar-refractivity contribution is 7.92. The topological polar surface area (TPSA) is 74.8 Å². The number of ether oxygens (including phenoxy) is 1. The highest BCUT2D eigenvalue weighted by Gasteiger charge is 2.48. The molecule has 0 radical (unpaired) electrons. The maximum absolute atomic E-state index is 15.2. The Labute approximate surface area is 201 Å². The summed E-state index contributed by atoms with van der Waals surface area (Å²) in [5.74, 6) is -4.11. The van der Waals surface area contributed by atoms with Gasteiger partial charge in [0, 0.05) is 32.3 Å². The Hall–Kier alpha value is -2.08. The predicted molar refractivity (Wildman–Crippen MR) is 123 cm³/mol. The van der Waals surface area contributed by atoms with Gasteiger partial charge in [-0.2, -0.15) is 4.39 Å². The number of benzene rings is 1. The predicted octanol–water partition coefficient (Wildman–Crippen LogP) is 4.03. The van der Waals surface area contributed by atoms with Gasteiger partial charge in [0.2, 0.25) is 5.95 Å². The van der Waals surface area contributed by atoms with Gasteiger partial charge in [-0.15, -0.1) is 0 Å². The molecular formula is C22H26ClF3N4O3S. The molecule has 4 rings (SSSR count). The molecule has 2 aromatic rings. The first-order chi connectivity index (χ1) is 16.1. The van der Waals surface area contributed by atoms with E-state index in [2.05, 4.69) is 9.88 Å². The Morgan fingerprint density at radius 1 is 1.24 bits per heavy atom. The number of rotatable bonds is 6. The molecule has 0 amide bonds. The third-order valence-electron chi connectivity index (χ3n) is 6.71. The van der Waals surface area contributed by atoms with Gasteiger partial charge in [0.05, 0.1) is 5.69 Å². The molecule has 2 aliphatic rings. The van der Waals surface area contributed by atoms with Crippen LogP contribution in [0.3, 0.4) is 0 Å². The number of halogens is 4. The SMILES string of the molecule is CO[C@@]1([C@@H]2CCCCN2C)CCN(c2cc(F)c(S(=O)(=O)Nc3cccc(F)n3)c(F)c2Cl)C1. The molecule has 186 valence electrons. The Balaban J connectivity index is 1.64. The van der Waals surface area contributed by atoms with Crippen LogP contribution >= 0.6 is 11.6 Å². The van der Waals surface area contributed by atoms with Crippen molar-refractivity contribution in [2.45, 2.75) is 42.2 Å². The number of pyridine rings is 1. The van der Waals surface area contributed by atoms with E-state index in [1.54, 1.807) is 12.0 Å². The first-order valence-corrected chi connectivity index (χ1v) is 12.8. The fraction of sp³-hybridized carbons (Fsp3) is 0.500. The Kier molecular flexibility index (Phi) is 7.01. The number of aromatic nitrogens is 1. The molecule has 0 unspecified atom stereocenters. The van der Waals surface area contributed by atoms with E-state index in [9.17, 15) is 12.8 Å². The molecule has 2 atom stereocenters. The van der Waals surface area contributed by atoms with Crippen molar-refractivity contribution in [1.29, 1.82) is 0 Å². The molecule has 1 N–H and O–H groups in total. The van der Waals surface area contributed by atoms with Crippen LogP contribution in [-0.4, -0.2) is 63.7 Å². The summed E-state index contributed by atoms with van der Waals surface area (Å²) < 4.78 is 76.7. The summed E-state index contributed by atoms with van der Waals surface area (Å²) in [5, 5.41) is -0.516. The van der Waals surface area contributed by atoms with Gasteiger partial charge in [0.25, 0.3) is 10.0 Å². The summed E-state index contributed by atoms with van der Waals surface area (Å²) in [7, 11) is -1.09. The van der Waals surface area contributed by atoms with Crippen molar-refractivity contribution >= 4 is 33.1 Å². The Bertz CT molecular complexity index is 1190. The lowest BCUT2D eigenvalue weighted by atomic mass is 9.85. The minimum atomic E-state index is -4.77. The lowest BCUT2D eigenvalue weighted by molar-refractivity contribution is -0.0689. The Morgan fingerprint density at radius 3 is 2.68 bits per heavy atom. The second kappa shape index (κ2) is 9.52. The average Bonchev–Trinajstić information content (AvgIpc) is 3.21. The summed E-state index contributed by atoms with van der Waals surface area (Å²) in [5.41, 5.74) is -0.488. The van der Waals surface area contributed by atoms with E-state index >= 15 is 8.78 Å². The van der Waals surface area contributed by atoms with Crippen LogP contribution in [0.4, 0.5) is 24.7 Å². The van der Waals surface area contributed by atoms with Gasteiger partial charge in [-0.1, -0.05) is 24.1 Å². The molecule has 0 spiro atoms. The molecule has 1 aromatic heterocycles. The fourth-order valence-electron chi connectivity index (χ4n) is 5.02. The normalized spacial score (nSPS) is 23.9. The van der Waals surface area contributed by atoms with E-state index in [1.807, 2.05) is 11.8 Å². The van der Waals surface area contributed by atoms with Crippen LogP contribution in [0.15, 0.2) is 29.2 Å². The Morgan fingerprint density at radius 2 is 2.00 bits per heavy atom. The number of hydrogen-bond acceptors (Lipinski definition) is 6. The average molecular weight is 519 g/mol. The van der Waals surface area contributed by atoms with Gasteiger partial charge in [-0.25, -0.2) is 22.2 Å². The molecule has 2 fully saturated rings. The van der Waals surface area contributed by atoms with Crippen molar-refractivity contribution < 1.29 is 26.3 Å². The molecule has 3 heterocycles. The van der Waals surface area contributed by atoms with Crippen LogP contribution in [0, 0.1) is 17.6 Å². The number of likely N-dealkylation sites (tertiary alicyclic amines) is 1. The van der Waals surface area contributed by atoms with E-state index in [-0.39, 0.29) is 11.7 Å². The van der Waals surface area contributed by atoms with E-state index in [0.717, 1.165) is 44.0 Å². The first kappa shape index (κ1) is 25.0. The van der Waals surface area contributed by atoms with Gasteiger partial charge in [-0.3, -0.25) is 4.72 Å². The van der Waals surface area contributed by atoms with E-state index in [1.165, 1.54) is 6.07 Å². The number of nitrogens with one attached hydrogen (secondary N) is 1. The van der Waals surface area contributed by atoms with Crippen LogP contribution in [-0.2, 0) is 14.8 Å². The summed E-state index contributed by atoms with van der Waals surface area (Å²) in [4.78, 5) is 6.08. The number of piperidine rings is 1. The molecule has 1 aromatic carbocycles. The van der Waals surface area contributed by atoms with Crippen molar-refractivity contribution in [2.75, 3.05) is 43.4 Å². The molecule has 7 nitrogen and oxygen atoms in total. The van der Waals surface area contributed by atoms with Crippen molar-refractivity contribution in [3.8, 4) is 0 Å². The van der Waals surface area contributed by atoms with Crippen molar-refractivity contribution in [1.82, 2.24) is 9.88 Å². The van der Waals surface area contributed by atoms with Crippen LogP contribution in [0.1, 0.15) is 25.7 Å². The first-order valence-electron chi connectivity index (χ1n) is 10.9. The van der Waals surface area contributed by atoms with Gasteiger partial charge in [0.1, 0.15) is 22.3 Å². The number of anilines is 2. The third-order valence-corrected chi connectivity index (χ3v) is 8.46. The maximum atomic E-state index is 15.2. The molecule has 0 bridgehead atoms. The van der Waals surface area contributed by atoms with Crippen molar-refractivity contribution in [3.05, 3.63) is 46.9 Å². The van der Waals surface area contributed by atoms with Crippen molar-refractivity contribution in [2.24, 2.45) is 0 Å². The van der Waals surface area contributed by atoms with Gasteiger partial charge in [-0.05, 0) is 45.0 Å².